The summed E-state index contributed by atoms with van der Waals surface area (Å²) in [5, 5.41) is 14.0. The van der Waals surface area contributed by atoms with Gasteiger partial charge in [-0.3, -0.25) is 14.9 Å². The zero-order valence-electron chi connectivity index (χ0n) is 11.2. The van der Waals surface area contributed by atoms with Gasteiger partial charge in [0.15, 0.2) is 11.6 Å². The van der Waals surface area contributed by atoms with Crippen molar-refractivity contribution in [1.29, 1.82) is 0 Å². The maximum atomic E-state index is 12.9. The second kappa shape index (κ2) is 6.42. The maximum Gasteiger partial charge on any atom is 0.323 e. The molecule has 110 valence electrons. The minimum atomic E-state index is -1.22. The minimum Gasteiger partial charge on any atom is -0.480 e. The highest BCUT2D eigenvalue weighted by Gasteiger charge is 2.30. The Balaban J connectivity index is 2.60. The van der Waals surface area contributed by atoms with Gasteiger partial charge in [-0.05, 0) is 25.5 Å². The van der Waals surface area contributed by atoms with Crippen LogP contribution in [0.5, 0.6) is 0 Å². The molecule has 0 aliphatic heterocycles. The van der Waals surface area contributed by atoms with Crippen LogP contribution in [0.3, 0.4) is 0 Å². The molecule has 1 aromatic carbocycles. The van der Waals surface area contributed by atoms with Gasteiger partial charge in [0, 0.05) is 11.8 Å². The van der Waals surface area contributed by atoms with Crippen molar-refractivity contribution in [2.24, 2.45) is 0 Å². The van der Waals surface area contributed by atoms with E-state index in [1.165, 1.54) is 13.0 Å². The number of hydrogen-bond donors (Lipinski definition) is 3. The number of carbonyl (C=O) groups is 2. The lowest BCUT2D eigenvalue weighted by Crippen LogP contribution is -2.51. The van der Waals surface area contributed by atoms with Gasteiger partial charge in [-0.15, -0.1) is 0 Å². The molecule has 3 N–H and O–H groups in total. The maximum absolute atomic E-state index is 12.9. The quantitative estimate of drug-likeness (QED) is 0.744. The predicted molar refractivity (Wildman–Crippen MR) is 69.3 cm³/mol. The Morgan fingerprint density at radius 2 is 1.95 bits per heavy atom. The molecule has 0 fully saturated rings. The zero-order chi connectivity index (χ0) is 15.3. The summed E-state index contributed by atoms with van der Waals surface area (Å²) < 4.78 is 25.7. The molecule has 1 atom stereocenters. The van der Waals surface area contributed by atoms with Crippen LogP contribution in [0, 0.1) is 11.6 Å². The average molecular weight is 286 g/mol. The second-order valence-electron chi connectivity index (χ2n) is 4.52. The third-order valence-corrected chi connectivity index (χ3v) is 3.02. The van der Waals surface area contributed by atoms with E-state index in [-0.39, 0.29) is 12.2 Å². The lowest BCUT2D eigenvalue weighted by atomic mass is 9.99. The Kier molecular flexibility index (Phi) is 5.15. The van der Waals surface area contributed by atoms with E-state index in [0.29, 0.717) is 6.42 Å². The highest BCUT2D eigenvalue weighted by atomic mass is 19.2. The third kappa shape index (κ3) is 3.99. The van der Waals surface area contributed by atoms with Crippen LogP contribution in [0.1, 0.15) is 20.3 Å². The van der Waals surface area contributed by atoms with Crippen molar-refractivity contribution in [1.82, 2.24) is 5.32 Å². The van der Waals surface area contributed by atoms with Crippen molar-refractivity contribution in [2.75, 3.05) is 11.9 Å². The number of carboxylic acid groups (broad SMARTS) is 1. The first-order chi connectivity index (χ1) is 9.28. The molecule has 0 heterocycles. The number of benzene rings is 1. The molecule has 0 saturated heterocycles. The van der Waals surface area contributed by atoms with Crippen LogP contribution in [-0.2, 0) is 9.59 Å². The first-order valence-corrected chi connectivity index (χ1v) is 6.02. The summed E-state index contributed by atoms with van der Waals surface area (Å²) in [5.74, 6) is -3.69. The predicted octanol–water partition coefficient (Wildman–Crippen LogP) is 1.75. The third-order valence-electron chi connectivity index (χ3n) is 3.02. The monoisotopic (exact) mass is 286 g/mol. The summed E-state index contributed by atoms with van der Waals surface area (Å²) in [6.07, 6.45) is 0.292. The number of hydrogen-bond acceptors (Lipinski definition) is 3. The van der Waals surface area contributed by atoms with Gasteiger partial charge in [0.05, 0.1) is 6.54 Å². The Bertz CT molecular complexity index is 522. The zero-order valence-corrected chi connectivity index (χ0v) is 11.2. The number of anilines is 1. The van der Waals surface area contributed by atoms with Gasteiger partial charge in [-0.2, -0.15) is 0 Å². The van der Waals surface area contributed by atoms with Gasteiger partial charge in [-0.25, -0.2) is 8.78 Å². The molecule has 7 heteroatoms. The minimum absolute atomic E-state index is 0.101. The fourth-order valence-electron chi connectivity index (χ4n) is 1.41. The van der Waals surface area contributed by atoms with Crippen molar-refractivity contribution in [3.63, 3.8) is 0 Å². The molecule has 0 aliphatic rings. The van der Waals surface area contributed by atoms with E-state index in [4.69, 9.17) is 5.11 Å². The van der Waals surface area contributed by atoms with Crippen LogP contribution in [-0.4, -0.2) is 29.1 Å². The van der Waals surface area contributed by atoms with E-state index >= 15 is 0 Å². The van der Waals surface area contributed by atoms with Crippen molar-refractivity contribution in [3.8, 4) is 0 Å². The molecule has 0 aromatic heterocycles. The number of aliphatic carboxylic acids is 1. The summed E-state index contributed by atoms with van der Waals surface area (Å²) in [7, 11) is 0. The summed E-state index contributed by atoms with van der Waals surface area (Å²) in [6.45, 7) is 2.88. The van der Waals surface area contributed by atoms with Crippen molar-refractivity contribution >= 4 is 17.6 Å². The fraction of sp³-hybridized carbons (Fsp3) is 0.385. The topological polar surface area (TPSA) is 78.4 Å². The van der Waals surface area contributed by atoms with Crippen LogP contribution in [0.2, 0.25) is 0 Å². The normalized spacial score (nSPS) is 13.6. The summed E-state index contributed by atoms with van der Waals surface area (Å²) in [6, 6.07) is 2.96. The molecular weight excluding hydrogens is 270 g/mol. The first kappa shape index (κ1) is 16.0. The molecule has 1 unspecified atom stereocenters. The van der Waals surface area contributed by atoms with Gasteiger partial charge >= 0.3 is 5.97 Å². The van der Waals surface area contributed by atoms with Crippen molar-refractivity contribution in [2.45, 2.75) is 25.8 Å². The Morgan fingerprint density at radius 1 is 1.30 bits per heavy atom. The van der Waals surface area contributed by atoms with E-state index in [2.05, 4.69) is 10.6 Å². The largest absolute Gasteiger partial charge is 0.480 e. The number of halogens is 2. The SMILES string of the molecule is CCC(C)(NCC(=O)Nc1ccc(F)c(F)c1)C(=O)O. The standard InChI is InChI=1S/C13H16F2N2O3/c1-3-13(2,12(19)20)16-7-11(18)17-8-4-5-9(14)10(15)6-8/h4-6,16H,3,7H2,1-2H3,(H,17,18)(H,19,20). The van der Waals surface area contributed by atoms with E-state index in [1.54, 1.807) is 6.92 Å². The van der Waals surface area contributed by atoms with Gasteiger partial charge in [0.2, 0.25) is 5.91 Å². The fourth-order valence-corrected chi connectivity index (χ4v) is 1.41. The van der Waals surface area contributed by atoms with Crippen LogP contribution >= 0.6 is 0 Å². The van der Waals surface area contributed by atoms with E-state index in [0.717, 1.165) is 12.1 Å². The Hall–Kier alpha value is -2.02. The molecule has 0 aliphatic carbocycles. The van der Waals surface area contributed by atoms with Crippen LogP contribution in [0.25, 0.3) is 0 Å². The van der Waals surface area contributed by atoms with Gasteiger partial charge < -0.3 is 10.4 Å². The molecule has 0 bridgehead atoms. The highest BCUT2D eigenvalue weighted by molar-refractivity contribution is 5.92. The summed E-state index contributed by atoms with van der Waals surface area (Å²) in [4.78, 5) is 22.6. The molecule has 20 heavy (non-hydrogen) atoms. The molecule has 1 aromatic rings. The van der Waals surface area contributed by atoms with Gasteiger partial charge in [0.1, 0.15) is 5.54 Å². The Morgan fingerprint density at radius 3 is 2.45 bits per heavy atom. The van der Waals surface area contributed by atoms with Crippen molar-refractivity contribution < 1.29 is 23.5 Å². The second-order valence-corrected chi connectivity index (χ2v) is 4.52. The number of amides is 1. The number of rotatable bonds is 6. The molecule has 5 nitrogen and oxygen atoms in total. The molecule has 0 radical (unpaired) electrons. The molecular formula is C13H16F2N2O3. The summed E-state index contributed by atoms with van der Waals surface area (Å²) in [5.41, 5.74) is -1.12. The molecule has 0 spiro atoms. The van der Waals surface area contributed by atoms with E-state index in [1.807, 2.05) is 0 Å². The smallest absolute Gasteiger partial charge is 0.323 e. The lowest BCUT2D eigenvalue weighted by molar-refractivity contribution is -0.144. The number of carboxylic acids is 1. The highest BCUT2D eigenvalue weighted by Crippen LogP contribution is 2.13. The molecule has 1 rings (SSSR count). The van der Waals surface area contributed by atoms with Crippen LogP contribution in [0.15, 0.2) is 18.2 Å². The van der Waals surface area contributed by atoms with Gasteiger partial charge in [0.25, 0.3) is 0 Å². The number of nitrogens with one attached hydrogen (secondary N) is 2. The van der Waals surface area contributed by atoms with E-state index in [9.17, 15) is 18.4 Å². The van der Waals surface area contributed by atoms with Crippen LogP contribution < -0.4 is 10.6 Å². The number of carbonyl (C=O) groups excluding carboxylic acids is 1. The average Bonchev–Trinajstić information content (AvgIpc) is 2.40. The molecule has 0 saturated carbocycles. The summed E-state index contributed by atoms with van der Waals surface area (Å²) >= 11 is 0. The van der Waals surface area contributed by atoms with Gasteiger partial charge in [-0.1, -0.05) is 6.92 Å². The molecule has 1 amide bonds. The van der Waals surface area contributed by atoms with Crippen LogP contribution in [0.4, 0.5) is 14.5 Å². The lowest BCUT2D eigenvalue weighted by Gasteiger charge is -2.24. The first-order valence-electron chi connectivity index (χ1n) is 6.02. The Labute approximate surface area is 115 Å². The van der Waals surface area contributed by atoms with Crippen molar-refractivity contribution in [3.05, 3.63) is 29.8 Å². The van der Waals surface area contributed by atoms with E-state index < -0.39 is 29.0 Å².